The first-order valence-electron chi connectivity index (χ1n) is 9.74. The lowest BCUT2D eigenvalue weighted by Gasteiger charge is -2.16. The van der Waals surface area contributed by atoms with Crippen molar-refractivity contribution in [3.63, 3.8) is 0 Å². The predicted molar refractivity (Wildman–Crippen MR) is 122 cm³/mol. The third kappa shape index (κ3) is 3.89. The summed E-state index contributed by atoms with van der Waals surface area (Å²) in [5, 5.41) is 0. The van der Waals surface area contributed by atoms with Crippen LogP contribution in [-0.2, 0) is 9.59 Å². The average Bonchev–Trinajstić information content (AvgIpc) is 3.00. The molecule has 0 fully saturated rings. The van der Waals surface area contributed by atoms with Gasteiger partial charge in [0.25, 0.3) is 11.8 Å². The number of imide groups is 1. The third-order valence-electron chi connectivity index (χ3n) is 4.74. The van der Waals surface area contributed by atoms with Gasteiger partial charge in [-0.1, -0.05) is 55.0 Å². The van der Waals surface area contributed by atoms with Crippen molar-refractivity contribution in [3.8, 4) is 11.5 Å². The van der Waals surface area contributed by atoms with Crippen molar-refractivity contribution in [3.05, 3.63) is 94.9 Å². The largest absolute Gasteiger partial charge is 0.457 e. The lowest BCUT2D eigenvalue weighted by Crippen LogP contribution is -2.31. The minimum atomic E-state index is -0.295. The van der Waals surface area contributed by atoms with Crippen LogP contribution in [0, 0.1) is 6.92 Å². The van der Waals surface area contributed by atoms with Gasteiger partial charge in [0.05, 0.1) is 16.2 Å². The first kappa shape index (κ1) is 20.0. The molecule has 150 valence electrons. The predicted octanol–water partition coefficient (Wildman–Crippen LogP) is 5.82. The number of carbonyl (C=O) groups excluding carboxylic acids is 2. The molecule has 30 heavy (non-hydrogen) atoms. The molecule has 5 heteroatoms. The van der Waals surface area contributed by atoms with Crippen molar-refractivity contribution in [1.29, 1.82) is 0 Å². The van der Waals surface area contributed by atoms with E-state index in [2.05, 4.69) is 0 Å². The Hall–Kier alpha value is -3.31. The number of carbonyl (C=O) groups is 2. The molecule has 0 atom stereocenters. The highest BCUT2D eigenvalue weighted by Gasteiger charge is 2.39. The second-order valence-electron chi connectivity index (χ2n) is 6.86. The summed E-state index contributed by atoms with van der Waals surface area (Å²) in [6.45, 7) is 3.97. The van der Waals surface area contributed by atoms with E-state index in [-0.39, 0.29) is 11.8 Å². The number of hydrogen-bond donors (Lipinski definition) is 0. The van der Waals surface area contributed by atoms with Gasteiger partial charge in [0.15, 0.2) is 0 Å². The van der Waals surface area contributed by atoms with E-state index in [1.807, 2.05) is 68.4 Å². The van der Waals surface area contributed by atoms with E-state index in [1.165, 1.54) is 16.7 Å². The number of rotatable bonds is 6. The molecule has 4 nitrogen and oxygen atoms in total. The zero-order valence-corrected chi connectivity index (χ0v) is 17.6. The van der Waals surface area contributed by atoms with Crippen molar-refractivity contribution in [2.75, 3.05) is 10.7 Å². The number of thioether (sulfide) groups is 1. The van der Waals surface area contributed by atoms with Crippen LogP contribution in [0.25, 0.3) is 5.57 Å². The van der Waals surface area contributed by atoms with Crippen LogP contribution >= 0.6 is 11.8 Å². The molecule has 0 saturated carbocycles. The van der Waals surface area contributed by atoms with E-state index < -0.39 is 0 Å². The summed E-state index contributed by atoms with van der Waals surface area (Å²) < 4.78 is 5.81. The fourth-order valence-electron chi connectivity index (χ4n) is 3.29. The van der Waals surface area contributed by atoms with E-state index in [4.69, 9.17) is 4.74 Å². The molecular weight excluding hydrogens is 394 g/mol. The highest BCUT2D eigenvalue weighted by atomic mass is 32.2. The SMILES string of the molecule is CCSC1=C(c2ccc(C)cc2)C(=O)N(c2ccc(Oc3ccccc3)cc2)C1=O. The molecule has 0 unspecified atom stereocenters. The Balaban J connectivity index is 1.63. The lowest BCUT2D eigenvalue weighted by atomic mass is 10.0. The number of aryl methyl sites for hydroxylation is 1. The van der Waals surface area contributed by atoms with Crippen molar-refractivity contribution in [1.82, 2.24) is 0 Å². The Morgan fingerprint density at radius 1 is 0.800 bits per heavy atom. The van der Waals surface area contributed by atoms with Crippen LogP contribution < -0.4 is 9.64 Å². The highest BCUT2D eigenvalue weighted by molar-refractivity contribution is 8.04. The highest BCUT2D eigenvalue weighted by Crippen LogP contribution is 2.38. The number of para-hydroxylation sites is 1. The number of amides is 2. The smallest absolute Gasteiger partial charge is 0.272 e. The van der Waals surface area contributed by atoms with Gasteiger partial charge in [-0.2, -0.15) is 0 Å². The molecule has 1 heterocycles. The maximum Gasteiger partial charge on any atom is 0.272 e. The fraction of sp³-hybridized carbons (Fsp3) is 0.120. The summed E-state index contributed by atoms with van der Waals surface area (Å²) in [4.78, 5) is 28.1. The molecule has 3 aromatic rings. The van der Waals surface area contributed by atoms with E-state index in [0.29, 0.717) is 27.7 Å². The van der Waals surface area contributed by atoms with Crippen LogP contribution in [0.1, 0.15) is 18.1 Å². The summed E-state index contributed by atoms with van der Waals surface area (Å²) in [5.41, 5.74) is 2.87. The molecule has 1 aliphatic rings. The van der Waals surface area contributed by atoms with Crippen molar-refractivity contribution < 1.29 is 14.3 Å². The minimum Gasteiger partial charge on any atom is -0.457 e. The minimum absolute atomic E-state index is 0.279. The summed E-state index contributed by atoms with van der Waals surface area (Å²) in [5.74, 6) is 1.50. The van der Waals surface area contributed by atoms with E-state index in [1.54, 1.807) is 24.3 Å². The maximum atomic E-state index is 13.3. The first-order chi connectivity index (χ1) is 14.6. The van der Waals surface area contributed by atoms with Gasteiger partial charge in [-0.15, -0.1) is 11.8 Å². The van der Waals surface area contributed by atoms with E-state index in [0.717, 1.165) is 16.9 Å². The maximum absolute atomic E-state index is 13.3. The molecule has 0 saturated heterocycles. The van der Waals surface area contributed by atoms with Gasteiger partial charge in [-0.25, -0.2) is 4.90 Å². The standard InChI is InChI=1S/C25H21NO3S/c1-3-30-23-22(18-11-9-17(2)10-12-18)24(27)26(25(23)28)19-13-15-21(16-14-19)29-20-7-5-4-6-8-20/h4-16H,3H2,1-2H3. The number of hydrogen-bond acceptors (Lipinski definition) is 4. The van der Waals surface area contributed by atoms with Gasteiger partial charge >= 0.3 is 0 Å². The van der Waals surface area contributed by atoms with Crippen LogP contribution in [0.2, 0.25) is 0 Å². The van der Waals surface area contributed by atoms with Crippen LogP contribution in [0.4, 0.5) is 5.69 Å². The van der Waals surface area contributed by atoms with Crippen molar-refractivity contribution in [2.45, 2.75) is 13.8 Å². The topological polar surface area (TPSA) is 46.6 Å². The summed E-state index contributed by atoms with van der Waals surface area (Å²) in [6, 6.07) is 24.1. The lowest BCUT2D eigenvalue weighted by molar-refractivity contribution is -0.119. The fourth-order valence-corrected chi connectivity index (χ4v) is 4.14. The monoisotopic (exact) mass is 415 g/mol. The summed E-state index contributed by atoms with van der Waals surface area (Å²) in [7, 11) is 0. The van der Waals surface area contributed by atoms with Gasteiger partial charge in [-0.05, 0) is 54.6 Å². The van der Waals surface area contributed by atoms with Gasteiger partial charge in [0, 0.05) is 0 Å². The molecule has 3 aromatic carbocycles. The molecule has 0 spiro atoms. The summed E-state index contributed by atoms with van der Waals surface area (Å²) in [6.07, 6.45) is 0. The first-order valence-corrected chi connectivity index (χ1v) is 10.7. The van der Waals surface area contributed by atoms with Gasteiger partial charge in [0.1, 0.15) is 11.5 Å². The number of nitrogens with zero attached hydrogens (tertiary/aromatic N) is 1. The molecule has 0 aliphatic carbocycles. The second kappa shape index (κ2) is 8.59. The van der Waals surface area contributed by atoms with Crippen LogP contribution in [-0.4, -0.2) is 17.6 Å². The molecule has 0 N–H and O–H groups in total. The quantitative estimate of drug-likeness (QED) is 0.476. The molecule has 1 aliphatic heterocycles. The Kier molecular flexibility index (Phi) is 5.72. The zero-order valence-electron chi connectivity index (χ0n) is 16.8. The van der Waals surface area contributed by atoms with Gasteiger partial charge in [0.2, 0.25) is 0 Å². The van der Waals surface area contributed by atoms with Gasteiger partial charge in [-0.3, -0.25) is 9.59 Å². The van der Waals surface area contributed by atoms with Crippen LogP contribution in [0.5, 0.6) is 11.5 Å². The van der Waals surface area contributed by atoms with Crippen molar-refractivity contribution in [2.24, 2.45) is 0 Å². The Labute approximate surface area is 180 Å². The Morgan fingerprint density at radius 2 is 1.43 bits per heavy atom. The molecular formula is C25H21NO3S. The molecule has 2 amide bonds. The van der Waals surface area contributed by atoms with E-state index in [9.17, 15) is 9.59 Å². The molecule has 0 aromatic heterocycles. The van der Waals surface area contributed by atoms with Crippen molar-refractivity contribution >= 4 is 34.8 Å². The molecule has 0 radical (unpaired) electrons. The van der Waals surface area contributed by atoms with E-state index >= 15 is 0 Å². The average molecular weight is 416 g/mol. The molecule has 4 rings (SSSR count). The number of ether oxygens (including phenoxy) is 1. The third-order valence-corrected chi connectivity index (χ3v) is 5.70. The second-order valence-corrected chi connectivity index (χ2v) is 8.13. The zero-order chi connectivity index (χ0) is 21.1. The van der Waals surface area contributed by atoms with Gasteiger partial charge < -0.3 is 4.74 Å². The number of anilines is 1. The Bertz CT molecular complexity index is 1100. The number of benzene rings is 3. The van der Waals surface area contributed by atoms with Crippen LogP contribution in [0.15, 0.2) is 83.8 Å². The summed E-state index contributed by atoms with van der Waals surface area (Å²) >= 11 is 1.40. The Morgan fingerprint density at radius 3 is 2.07 bits per heavy atom. The van der Waals surface area contributed by atoms with Crippen LogP contribution in [0.3, 0.4) is 0 Å². The normalized spacial score (nSPS) is 13.9. The molecule has 0 bridgehead atoms.